The lowest BCUT2D eigenvalue weighted by atomic mass is 9.74. The highest BCUT2D eigenvalue weighted by molar-refractivity contribution is 6.43. The number of hydrogen-bond donors (Lipinski definition) is 1. The van der Waals surface area contributed by atoms with Gasteiger partial charge >= 0.3 is 0 Å². The lowest BCUT2D eigenvalue weighted by Gasteiger charge is -2.38. The van der Waals surface area contributed by atoms with Crippen molar-refractivity contribution >= 4 is 34.7 Å². The molecule has 158 valence electrons. The van der Waals surface area contributed by atoms with Gasteiger partial charge in [0.1, 0.15) is 5.84 Å². The summed E-state index contributed by atoms with van der Waals surface area (Å²) in [4.78, 5) is 10.0. The molecule has 6 heteroatoms. The van der Waals surface area contributed by atoms with Crippen LogP contribution in [0, 0.1) is 12.8 Å². The van der Waals surface area contributed by atoms with Crippen molar-refractivity contribution in [3.05, 3.63) is 57.6 Å². The highest BCUT2D eigenvalue weighted by Gasteiger charge is 2.46. The molecule has 2 aliphatic rings. The van der Waals surface area contributed by atoms with Gasteiger partial charge in [0.05, 0.1) is 21.9 Å². The van der Waals surface area contributed by atoms with Crippen LogP contribution in [-0.2, 0) is 10.4 Å². The number of nitrogens with zero attached hydrogens (tertiary/aromatic N) is 2. The molecule has 1 saturated carbocycles. The van der Waals surface area contributed by atoms with Crippen molar-refractivity contribution in [2.75, 3.05) is 7.11 Å². The molecular formula is C24H27Cl2N3O. The van der Waals surface area contributed by atoms with Gasteiger partial charge in [-0.1, -0.05) is 47.5 Å². The molecule has 2 aromatic carbocycles. The number of ether oxygens (including phenoxy) is 1. The predicted molar refractivity (Wildman–Crippen MR) is 126 cm³/mol. The number of aliphatic imine (C=N–C) groups is 2. The second kappa shape index (κ2) is 8.33. The Hall–Kier alpha value is -1.88. The van der Waals surface area contributed by atoms with Gasteiger partial charge in [0.25, 0.3) is 0 Å². The van der Waals surface area contributed by atoms with Gasteiger partial charge in [0.15, 0.2) is 5.66 Å². The molecule has 2 N–H and O–H groups in total. The standard InChI is InChI=1S/C24H27Cl2N3O/c1-14-7-8-16(19-5-4-6-21(25)22(19)26)13-20(14)24(28-15(2)23(27)29-24)17-9-11-18(30-3)12-10-17/h4-8,13,17-18H,9-12H2,1-3H3,(H2,27,29). The summed E-state index contributed by atoms with van der Waals surface area (Å²) in [5, 5.41) is 1.10. The summed E-state index contributed by atoms with van der Waals surface area (Å²) in [6.07, 6.45) is 4.31. The molecule has 0 saturated heterocycles. The maximum Gasteiger partial charge on any atom is 0.181 e. The molecule has 1 fully saturated rings. The van der Waals surface area contributed by atoms with Gasteiger partial charge < -0.3 is 10.5 Å². The molecule has 30 heavy (non-hydrogen) atoms. The average Bonchev–Trinajstić information content (AvgIpc) is 3.06. The minimum Gasteiger partial charge on any atom is -0.382 e. The third kappa shape index (κ3) is 3.66. The first-order chi connectivity index (χ1) is 14.4. The van der Waals surface area contributed by atoms with E-state index in [4.69, 9.17) is 43.7 Å². The van der Waals surface area contributed by atoms with E-state index < -0.39 is 5.66 Å². The summed E-state index contributed by atoms with van der Waals surface area (Å²) in [7, 11) is 1.79. The molecule has 1 unspecified atom stereocenters. The van der Waals surface area contributed by atoms with Gasteiger partial charge in [-0.15, -0.1) is 0 Å². The maximum absolute atomic E-state index is 6.52. The van der Waals surface area contributed by atoms with Gasteiger partial charge in [-0.3, -0.25) is 4.99 Å². The largest absolute Gasteiger partial charge is 0.382 e. The van der Waals surface area contributed by atoms with E-state index in [1.165, 1.54) is 0 Å². The van der Waals surface area contributed by atoms with E-state index in [1.54, 1.807) is 13.2 Å². The van der Waals surface area contributed by atoms with E-state index in [2.05, 4.69) is 25.1 Å². The van der Waals surface area contributed by atoms with Crippen LogP contribution in [0.3, 0.4) is 0 Å². The lowest BCUT2D eigenvalue weighted by Crippen LogP contribution is -2.36. The summed E-state index contributed by atoms with van der Waals surface area (Å²) < 4.78 is 5.58. The Balaban J connectivity index is 1.84. The molecular weight excluding hydrogens is 417 g/mol. The summed E-state index contributed by atoms with van der Waals surface area (Å²) >= 11 is 12.8. The quantitative estimate of drug-likeness (QED) is 0.614. The van der Waals surface area contributed by atoms with Gasteiger partial charge in [-0.05, 0) is 62.8 Å². The zero-order chi connectivity index (χ0) is 21.5. The molecule has 0 radical (unpaired) electrons. The van der Waals surface area contributed by atoms with Crippen molar-refractivity contribution < 1.29 is 4.74 Å². The van der Waals surface area contributed by atoms with Crippen LogP contribution in [0.25, 0.3) is 11.1 Å². The van der Waals surface area contributed by atoms with Crippen LogP contribution in [0.4, 0.5) is 0 Å². The fraction of sp³-hybridized carbons (Fsp3) is 0.417. The van der Waals surface area contributed by atoms with Crippen LogP contribution in [0.1, 0.15) is 43.7 Å². The Morgan fingerprint density at radius 2 is 1.77 bits per heavy atom. The van der Waals surface area contributed by atoms with Crippen LogP contribution in [0.2, 0.25) is 10.0 Å². The number of amidine groups is 1. The van der Waals surface area contributed by atoms with E-state index in [0.717, 1.165) is 53.6 Å². The fourth-order valence-electron chi connectivity index (χ4n) is 4.74. The molecule has 1 heterocycles. The van der Waals surface area contributed by atoms with Gasteiger partial charge in [0, 0.05) is 24.2 Å². The number of aryl methyl sites for hydroxylation is 1. The predicted octanol–water partition coefficient (Wildman–Crippen LogP) is 6.16. The van der Waals surface area contributed by atoms with Gasteiger partial charge in [0.2, 0.25) is 0 Å². The summed E-state index contributed by atoms with van der Waals surface area (Å²) in [5.41, 5.74) is 10.5. The monoisotopic (exact) mass is 443 g/mol. The highest BCUT2D eigenvalue weighted by atomic mass is 35.5. The number of rotatable bonds is 4. The molecule has 0 spiro atoms. The Morgan fingerprint density at radius 1 is 1.03 bits per heavy atom. The molecule has 0 bridgehead atoms. The van der Waals surface area contributed by atoms with Crippen molar-refractivity contribution in [3.63, 3.8) is 0 Å². The number of nitrogens with two attached hydrogens (primary N) is 1. The summed E-state index contributed by atoms with van der Waals surface area (Å²) in [5.74, 6) is 0.790. The van der Waals surface area contributed by atoms with Crippen molar-refractivity contribution in [1.82, 2.24) is 0 Å². The molecule has 1 atom stereocenters. The second-order valence-electron chi connectivity index (χ2n) is 8.26. The molecule has 0 aromatic heterocycles. The average molecular weight is 444 g/mol. The van der Waals surface area contributed by atoms with E-state index in [9.17, 15) is 0 Å². The minimum absolute atomic E-state index is 0.267. The third-order valence-corrected chi connectivity index (χ3v) is 7.29. The Kier molecular flexibility index (Phi) is 5.93. The molecule has 4 nitrogen and oxygen atoms in total. The van der Waals surface area contributed by atoms with Crippen molar-refractivity contribution in [2.24, 2.45) is 21.6 Å². The minimum atomic E-state index is -0.696. The molecule has 2 aromatic rings. The second-order valence-corrected chi connectivity index (χ2v) is 9.05. The Labute approximate surface area is 188 Å². The first kappa shape index (κ1) is 21.4. The lowest BCUT2D eigenvalue weighted by molar-refractivity contribution is 0.0426. The van der Waals surface area contributed by atoms with Crippen LogP contribution in [0.15, 0.2) is 46.4 Å². The smallest absolute Gasteiger partial charge is 0.181 e. The molecule has 4 rings (SSSR count). The topological polar surface area (TPSA) is 60.0 Å². The Bertz CT molecular complexity index is 1010. The van der Waals surface area contributed by atoms with Crippen LogP contribution in [-0.4, -0.2) is 24.8 Å². The van der Waals surface area contributed by atoms with Crippen LogP contribution >= 0.6 is 23.2 Å². The molecule has 1 aliphatic heterocycles. The first-order valence-electron chi connectivity index (χ1n) is 10.4. The summed E-state index contributed by atoms with van der Waals surface area (Å²) in [6, 6.07) is 12.0. The fourth-order valence-corrected chi connectivity index (χ4v) is 5.15. The van der Waals surface area contributed by atoms with Crippen molar-refractivity contribution in [3.8, 4) is 11.1 Å². The molecule has 1 aliphatic carbocycles. The number of halogens is 2. The van der Waals surface area contributed by atoms with Gasteiger partial charge in [-0.2, -0.15) is 0 Å². The third-order valence-electron chi connectivity index (χ3n) is 6.47. The van der Waals surface area contributed by atoms with E-state index in [1.807, 2.05) is 19.1 Å². The highest BCUT2D eigenvalue weighted by Crippen LogP contribution is 2.48. The number of hydrogen-bond acceptors (Lipinski definition) is 4. The Morgan fingerprint density at radius 3 is 2.40 bits per heavy atom. The number of benzene rings is 2. The normalized spacial score (nSPS) is 26.4. The zero-order valence-corrected chi connectivity index (χ0v) is 19.1. The van der Waals surface area contributed by atoms with Crippen LogP contribution < -0.4 is 5.73 Å². The van der Waals surface area contributed by atoms with Crippen molar-refractivity contribution in [1.29, 1.82) is 0 Å². The van der Waals surface area contributed by atoms with Crippen molar-refractivity contribution in [2.45, 2.75) is 51.3 Å². The SMILES string of the molecule is COC1CCC(C2(c3cc(-c4cccc(Cl)c4Cl)ccc3C)N=C(C)C(N)=N2)CC1. The van der Waals surface area contributed by atoms with E-state index >= 15 is 0 Å². The maximum atomic E-state index is 6.52. The zero-order valence-electron chi connectivity index (χ0n) is 17.6. The van der Waals surface area contributed by atoms with E-state index in [-0.39, 0.29) is 5.92 Å². The van der Waals surface area contributed by atoms with Gasteiger partial charge in [-0.25, -0.2) is 4.99 Å². The molecule has 0 amide bonds. The first-order valence-corrected chi connectivity index (χ1v) is 11.1. The number of methoxy groups -OCH3 is 1. The van der Waals surface area contributed by atoms with E-state index in [0.29, 0.717) is 22.0 Å². The summed E-state index contributed by atoms with van der Waals surface area (Å²) in [6.45, 7) is 4.05. The van der Waals surface area contributed by atoms with Crippen LogP contribution in [0.5, 0.6) is 0 Å².